The van der Waals surface area contributed by atoms with Crippen molar-refractivity contribution in [1.82, 2.24) is 0 Å². The molecule has 0 aromatic carbocycles. The van der Waals surface area contributed by atoms with Crippen molar-refractivity contribution >= 4 is 8.07 Å². The van der Waals surface area contributed by atoms with Crippen LogP contribution in [0.1, 0.15) is 32.6 Å². The number of rotatable bonds is 0. The van der Waals surface area contributed by atoms with Crippen LogP contribution in [0.4, 0.5) is 0 Å². The van der Waals surface area contributed by atoms with Crippen LogP contribution in [0, 0.1) is 16.9 Å². The lowest BCUT2D eigenvalue weighted by Gasteiger charge is -2.34. The molecule has 0 aliphatic heterocycles. The second-order valence-electron chi connectivity index (χ2n) is 5.68. The maximum Gasteiger partial charge on any atom is 0.129 e. The van der Waals surface area contributed by atoms with Crippen LogP contribution in [0.2, 0.25) is 19.6 Å². The summed E-state index contributed by atoms with van der Waals surface area (Å²) in [6, 6.07) is 0. The van der Waals surface area contributed by atoms with Gasteiger partial charge in [-0.25, -0.2) is 0 Å². The van der Waals surface area contributed by atoms with Gasteiger partial charge in [-0.05, 0) is 19.8 Å². The van der Waals surface area contributed by atoms with Crippen molar-refractivity contribution in [2.45, 2.75) is 58.4 Å². The molecule has 0 bridgehead atoms. The Morgan fingerprint density at radius 2 is 1.93 bits per heavy atom. The summed E-state index contributed by atoms with van der Waals surface area (Å²) in [5, 5.41) is 9.94. The summed E-state index contributed by atoms with van der Waals surface area (Å²) >= 11 is 0. The van der Waals surface area contributed by atoms with E-state index in [-0.39, 0.29) is 11.5 Å². The predicted octanol–water partition coefficient (Wildman–Crippen LogP) is 2.81. The number of hydrogen-bond acceptors (Lipinski definition) is 1. The fraction of sp³-hybridized carbons (Fsp3) is 0.833. The molecule has 2 atom stereocenters. The topological polar surface area (TPSA) is 20.2 Å². The monoisotopic (exact) mass is 210 g/mol. The van der Waals surface area contributed by atoms with E-state index >= 15 is 0 Å². The third-order valence-corrected chi connectivity index (χ3v) is 3.76. The molecule has 1 rings (SSSR count). The molecule has 0 heterocycles. The molecule has 1 aliphatic rings. The van der Waals surface area contributed by atoms with E-state index in [0.29, 0.717) is 0 Å². The lowest BCUT2D eigenvalue weighted by Crippen LogP contribution is -2.34. The quantitative estimate of drug-likeness (QED) is 0.481. The number of aliphatic hydroxyl groups is 1. The lowest BCUT2D eigenvalue weighted by molar-refractivity contribution is 0.0390. The van der Waals surface area contributed by atoms with Crippen LogP contribution in [0.25, 0.3) is 0 Å². The number of aliphatic hydroxyl groups excluding tert-OH is 1. The van der Waals surface area contributed by atoms with E-state index in [1.165, 1.54) is 6.42 Å². The first-order chi connectivity index (χ1) is 6.33. The fourth-order valence-electron chi connectivity index (χ4n) is 1.79. The zero-order valence-electron chi connectivity index (χ0n) is 9.85. The van der Waals surface area contributed by atoms with Crippen molar-refractivity contribution in [3.63, 3.8) is 0 Å². The highest BCUT2D eigenvalue weighted by Crippen LogP contribution is 2.35. The summed E-state index contributed by atoms with van der Waals surface area (Å²) < 4.78 is 0. The van der Waals surface area contributed by atoms with E-state index in [0.717, 1.165) is 19.3 Å². The average molecular weight is 210 g/mol. The van der Waals surface area contributed by atoms with Crippen LogP contribution in [0.15, 0.2) is 0 Å². The molecule has 1 N–H and O–H groups in total. The largest absolute Gasteiger partial charge is 0.392 e. The van der Waals surface area contributed by atoms with E-state index in [2.05, 4.69) is 38.0 Å². The minimum atomic E-state index is -1.29. The Kier molecular flexibility index (Phi) is 3.44. The van der Waals surface area contributed by atoms with Gasteiger partial charge in [0, 0.05) is 0 Å². The van der Waals surface area contributed by atoms with Crippen molar-refractivity contribution in [3.8, 4) is 11.5 Å². The smallest absolute Gasteiger partial charge is 0.129 e. The Hall–Kier alpha value is -0.263. The van der Waals surface area contributed by atoms with Crippen molar-refractivity contribution in [2.24, 2.45) is 5.41 Å². The maximum absolute atomic E-state index is 9.94. The third-order valence-electron chi connectivity index (χ3n) is 2.88. The highest BCUT2D eigenvalue weighted by atomic mass is 28.3. The van der Waals surface area contributed by atoms with Gasteiger partial charge in [-0.2, -0.15) is 0 Å². The van der Waals surface area contributed by atoms with Gasteiger partial charge in [-0.3, -0.25) is 0 Å². The lowest BCUT2D eigenvalue weighted by atomic mass is 9.74. The molecule has 1 saturated carbocycles. The first-order valence-electron chi connectivity index (χ1n) is 5.56. The van der Waals surface area contributed by atoms with Gasteiger partial charge in [0.15, 0.2) is 0 Å². The first kappa shape index (κ1) is 11.8. The predicted molar refractivity (Wildman–Crippen MR) is 63.7 cm³/mol. The molecule has 1 fully saturated rings. The zero-order valence-corrected chi connectivity index (χ0v) is 10.9. The minimum absolute atomic E-state index is 0.126. The Balaban J connectivity index is 2.76. The standard InChI is InChI=1S/C12H22OSi/c1-12(9-10-14(2,3)4)8-6-5-7-11(12)13/h11,13H,5-8H2,1-4H3/t11-,12-/m1/s1. The molecule has 0 aromatic rings. The van der Waals surface area contributed by atoms with Gasteiger partial charge in [0.2, 0.25) is 0 Å². The molecule has 0 aromatic heterocycles. The summed E-state index contributed by atoms with van der Waals surface area (Å²) in [6.45, 7) is 8.86. The molecule has 1 aliphatic carbocycles. The summed E-state index contributed by atoms with van der Waals surface area (Å²) in [6.07, 6.45) is 4.15. The van der Waals surface area contributed by atoms with Gasteiger partial charge in [-0.15, -0.1) is 11.5 Å². The SMILES string of the molecule is C[C@]1(C#C[Si](C)(C)C)CCCC[C@H]1O. The van der Waals surface area contributed by atoms with Gasteiger partial charge < -0.3 is 5.11 Å². The van der Waals surface area contributed by atoms with Crippen LogP contribution >= 0.6 is 0 Å². The van der Waals surface area contributed by atoms with Gasteiger partial charge >= 0.3 is 0 Å². The summed E-state index contributed by atoms with van der Waals surface area (Å²) in [7, 11) is -1.29. The van der Waals surface area contributed by atoms with Gasteiger partial charge in [-0.1, -0.05) is 32.5 Å². The molecule has 14 heavy (non-hydrogen) atoms. The van der Waals surface area contributed by atoms with Crippen LogP contribution in [-0.4, -0.2) is 19.3 Å². The second kappa shape index (κ2) is 4.08. The molecular formula is C12H22OSi. The van der Waals surface area contributed by atoms with Gasteiger partial charge in [0.05, 0.1) is 11.5 Å². The number of hydrogen-bond donors (Lipinski definition) is 1. The van der Waals surface area contributed by atoms with E-state index in [9.17, 15) is 5.11 Å². The van der Waals surface area contributed by atoms with E-state index in [1.54, 1.807) is 0 Å². The van der Waals surface area contributed by atoms with Crippen molar-refractivity contribution in [3.05, 3.63) is 0 Å². The fourth-order valence-corrected chi connectivity index (χ4v) is 2.45. The van der Waals surface area contributed by atoms with E-state index < -0.39 is 8.07 Å². The molecule has 0 spiro atoms. The Bertz CT molecular complexity index is 256. The molecule has 0 radical (unpaired) electrons. The van der Waals surface area contributed by atoms with Crippen LogP contribution in [-0.2, 0) is 0 Å². The van der Waals surface area contributed by atoms with Crippen LogP contribution in [0.3, 0.4) is 0 Å². The van der Waals surface area contributed by atoms with Crippen molar-refractivity contribution < 1.29 is 5.11 Å². The molecule has 1 nitrogen and oxygen atoms in total. The molecular weight excluding hydrogens is 188 g/mol. The van der Waals surface area contributed by atoms with Gasteiger partial charge in [0.1, 0.15) is 8.07 Å². The normalized spacial score (nSPS) is 33.4. The first-order valence-corrected chi connectivity index (χ1v) is 9.06. The van der Waals surface area contributed by atoms with Gasteiger partial charge in [0.25, 0.3) is 0 Å². The zero-order chi connectivity index (χ0) is 10.8. The third kappa shape index (κ3) is 3.15. The van der Waals surface area contributed by atoms with Crippen LogP contribution < -0.4 is 0 Å². The minimum Gasteiger partial charge on any atom is -0.392 e. The van der Waals surface area contributed by atoms with Crippen LogP contribution in [0.5, 0.6) is 0 Å². The molecule has 0 amide bonds. The van der Waals surface area contributed by atoms with Crippen molar-refractivity contribution in [2.75, 3.05) is 0 Å². The molecule has 0 saturated heterocycles. The summed E-state index contributed by atoms with van der Waals surface area (Å²) in [5.41, 5.74) is 3.26. The molecule has 80 valence electrons. The highest BCUT2D eigenvalue weighted by molar-refractivity contribution is 6.83. The summed E-state index contributed by atoms with van der Waals surface area (Å²) in [4.78, 5) is 0. The molecule has 0 unspecified atom stereocenters. The van der Waals surface area contributed by atoms with Crippen molar-refractivity contribution in [1.29, 1.82) is 0 Å². The summed E-state index contributed by atoms with van der Waals surface area (Å²) in [5.74, 6) is 3.35. The Labute approximate surface area is 88.9 Å². The highest BCUT2D eigenvalue weighted by Gasteiger charge is 2.33. The second-order valence-corrected chi connectivity index (χ2v) is 10.4. The average Bonchev–Trinajstić information content (AvgIpc) is 2.06. The maximum atomic E-state index is 9.94. The Morgan fingerprint density at radius 1 is 1.29 bits per heavy atom. The van der Waals surface area contributed by atoms with E-state index in [4.69, 9.17) is 0 Å². The van der Waals surface area contributed by atoms with E-state index in [1.807, 2.05) is 0 Å². The molecule has 2 heteroatoms. The Morgan fingerprint density at radius 3 is 2.43 bits per heavy atom.